The fourth-order valence-corrected chi connectivity index (χ4v) is 1.89. The minimum Gasteiger partial charge on any atom is -0.362 e. The van der Waals surface area contributed by atoms with Crippen LogP contribution in [0.3, 0.4) is 0 Å². The van der Waals surface area contributed by atoms with E-state index >= 15 is 0 Å². The van der Waals surface area contributed by atoms with E-state index in [9.17, 15) is 4.79 Å². The van der Waals surface area contributed by atoms with E-state index in [4.69, 9.17) is 0 Å². The van der Waals surface area contributed by atoms with Crippen LogP contribution in [0.4, 0.5) is 5.13 Å². The van der Waals surface area contributed by atoms with Crippen molar-refractivity contribution >= 4 is 22.4 Å². The second-order valence-electron chi connectivity index (χ2n) is 2.60. The van der Waals surface area contributed by atoms with Gasteiger partial charge in [0.15, 0.2) is 5.13 Å². The SMILES string of the molecule is CCNc1nc(C)c(C(=O)NOC)s1. The van der Waals surface area contributed by atoms with Crippen LogP contribution in [-0.2, 0) is 4.84 Å². The molecule has 6 heteroatoms. The quantitative estimate of drug-likeness (QED) is 0.740. The molecular formula is C8H13N3O2S. The summed E-state index contributed by atoms with van der Waals surface area (Å²) < 4.78 is 0. The largest absolute Gasteiger partial charge is 0.362 e. The number of hydroxylamine groups is 1. The molecule has 14 heavy (non-hydrogen) atoms. The van der Waals surface area contributed by atoms with Gasteiger partial charge in [-0.1, -0.05) is 11.3 Å². The maximum atomic E-state index is 11.4. The Hall–Kier alpha value is -1.14. The Morgan fingerprint density at radius 2 is 2.36 bits per heavy atom. The number of rotatable bonds is 4. The molecule has 1 aromatic heterocycles. The van der Waals surface area contributed by atoms with Crippen LogP contribution in [0.1, 0.15) is 22.3 Å². The van der Waals surface area contributed by atoms with E-state index in [0.717, 1.165) is 11.7 Å². The van der Waals surface area contributed by atoms with Gasteiger partial charge in [0.25, 0.3) is 5.91 Å². The van der Waals surface area contributed by atoms with E-state index in [2.05, 4.69) is 20.6 Å². The molecule has 0 saturated heterocycles. The standard InChI is InChI=1S/C8H13N3O2S/c1-4-9-8-10-5(2)6(14-8)7(12)11-13-3/h4H2,1-3H3,(H,9,10)(H,11,12). The van der Waals surface area contributed by atoms with Crippen LogP contribution in [0.2, 0.25) is 0 Å². The summed E-state index contributed by atoms with van der Waals surface area (Å²) >= 11 is 1.32. The summed E-state index contributed by atoms with van der Waals surface area (Å²) in [6.07, 6.45) is 0. The number of hydrogen-bond acceptors (Lipinski definition) is 5. The van der Waals surface area contributed by atoms with Gasteiger partial charge in [-0.25, -0.2) is 10.5 Å². The molecule has 78 valence electrons. The first-order valence-corrected chi connectivity index (χ1v) is 5.05. The van der Waals surface area contributed by atoms with Crippen molar-refractivity contribution in [3.63, 3.8) is 0 Å². The average Bonchev–Trinajstić information content (AvgIpc) is 2.48. The minimum atomic E-state index is -0.258. The molecule has 1 rings (SSSR count). The Balaban J connectivity index is 2.81. The number of amides is 1. The summed E-state index contributed by atoms with van der Waals surface area (Å²) in [6.45, 7) is 4.56. The Labute approximate surface area is 86.4 Å². The lowest BCUT2D eigenvalue weighted by Crippen LogP contribution is -2.21. The van der Waals surface area contributed by atoms with E-state index in [0.29, 0.717) is 10.6 Å². The molecule has 5 nitrogen and oxygen atoms in total. The molecule has 1 amide bonds. The fourth-order valence-electron chi connectivity index (χ4n) is 0.973. The number of nitrogens with one attached hydrogen (secondary N) is 2. The second-order valence-corrected chi connectivity index (χ2v) is 3.60. The zero-order valence-electron chi connectivity index (χ0n) is 8.38. The number of hydrogen-bond donors (Lipinski definition) is 2. The summed E-state index contributed by atoms with van der Waals surface area (Å²) in [5, 5.41) is 3.81. The van der Waals surface area contributed by atoms with Gasteiger partial charge < -0.3 is 5.32 Å². The third-order valence-corrected chi connectivity index (χ3v) is 2.64. The molecule has 0 bridgehead atoms. The summed E-state index contributed by atoms with van der Waals surface area (Å²) in [7, 11) is 1.40. The van der Waals surface area contributed by atoms with E-state index < -0.39 is 0 Å². The van der Waals surface area contributed by atoms with Crippen molar-refractivity contribution in [1.82, 2.24) is 10.5 Å². The van der Waals surface area contributed by atoms with Crippen LogP contribution in [0.25, 0.3) is 0 Å². The van der Waals surface area contributed by atoms with Gasteiger partial charge >= 0.3 is 0 Å². The highest BCUT2D eigenvalue weighted by molar-refractivity contribution is 7.17. The van der Waals surface area contributed by atoms with Crippen molar-refractivity contribution in [3.8, 4) is 0 Å². The summed E-state index contributed by atoms with van der Waals surface area (Å²) in [5.74, 6) is -0.258. The zero-order chi connectivity index (χ0) is 10.6. The van der Waals surface area contributed by atoms with Crippen LogP contribution >= 0.6 is 11.3 Å². The number of anilines is 1. The van der Waals surface area contributed by atoms with E-state index in [1.165, 1.54) is 18.4 Å². The molecule has 0 aliphatic heterocycles. The van der Waals surface area contributed by atoms with Gasteiger partial charge in [-0.3, -0.25) is 9.63 Å². The molecule has 0 spiro atoms. The lowest BCUT2D eigenvalue weighted by Gasteiger charge is -1.98. The molecule has 0 aliphatic carbocycles. The van der Waals surface area contributed by atoms with E-state index in [1.807, 2.05) is 6.92 Å². The number of aromatic nitrogens is 1. The first-order chi connectivity index (χ1) is 6.69. The maximum Gasteiger partial charge on any atom is 0.286 e. The molecule has 0 aliphatic rings. The number of carbonyl (C=O) groups is 1. The molecule has 0 saturated carbocycles. The lowest BCUT2D eigenvalue weighted by molar-refractivity contribution is 0.0541. The smallest absolute Gasteiger partial charge is 0.286 e. The normalized spacial score (nSPS) is 9.93. The summed E-state index contributed by atoms with van der Waals surface area (Å²) in [5.41, 5.74) is 2.97. The predicted octanol–water partition coefficient (Wildman–Crippen LogP) is 1.17. The van der Waals surface area contributed by atoms with E-state index in [1.54, 1.807) is 6.92 Å². The van der Waals surface area contributed by atoms with Crippen molar-refractivity contribution in [3.05, 3.63) is 10.6 Å². The van der Waals surface area contributed by atoms with Gasteiger partial charge in [-0.15, -0.1) is 0 Å². The van der Waals surface area contributed by atoms with Gasteiger partial charge in [-0.2, -0.15) is 0 Å². The molecule has 0 radical (unpaired) electrons. The third kappa shape index (κ3) is 2.43. The monoisotopic (exact) mass is 215 g/mol. The van der Waals surface area contributed by atoms with Gasteiger partial charge in [0.05, 0.1) is 12.8 Å². The number of thiazole rings is 1. The highest BCUT2D eigenvalue weighted by atomic mass is 32.1. The fraction of sp³-hybridized carbons (Fsp3) is 0.500. The number of nitrogens with zero attached hydrogens (tertiary/aromatic N) is 1. The van der Waals surface area contributed by atoms with Gasteiger partial charge in [0.2, 0.25) is 0 Å². The van der Waals surface area contributed by atoms with Gasteiger partial charge in [-0.05, 0) is 13.8 Å². The van der Waals surface area contributed by atoms with Gasteiger partial charge in [0, 0.05) is 6.54 Å². The molecule has 1 aromatic rings. The topological polar surface area (TPSA) is 63.2 Å². The van der Waals surface area contributed by atoms with Crippen molar-refractivity contribution < 1.29 is 9.63 Å². The van der Waals surface area contributed by atoms with E-state index in [-0.39, 0.29) is 5.91 Å². The number of carbonyl (C=O) groups excluding carboxylic acids is 1. The second kappa shape index (κ2) is 4.92. The maximum absolute atomic E-state index is 11.4. The molecule has 0 aromatic carbocycles. The van der Waals surface area contributed by atoms with Crippen LogP contribution in [0.5, 0.6) is 0 Å². The van der Waals surface area contributed by atoms with Gasteiger partial charge in [0.1, 0.15) is 4.88 Å². The van der Waals surface area contributed by atoms with Crippen LogP contribution in [-0.4, -0.2) is 24.5 Å². The Kier molecular flexibility index (Phi) is 3.84. The predicted molar refractivity (Wildman–Crippen MR) is 55.5 cm³/mol. The number of aryl methyl sites for hydroxylation is 1. The highest BCUT2D eigenvalue weighted by Gasteiger charge is 2.14. The Morgan fingerprint density at radius 1 is 1.64 bits per heavy atom. The summed E-state index contributed by atoms with van der Waals surface area (Å²) in [4.78, 5) is 20.7. The van der Waals surface area contributed by atoms with Crippen LogP contribution in [0, 0.1) is 6.92 Å². The molecular weight excluding hydrogens is 202 g/mol. The average molecular weight is 215 g/mol. The minimum absolute atomic E-state index is 0.258. The lowest BCUT2D eigenvalue weighted by atomic mass is 10.4. The van der Waals surface area contributed by atoms with Crippen LogP contribution in [0.15, 0.2) is 0 Å². The molecule has 0 atom stereocenters. The Morgan fingerprint density at radius 3 is 2.93 bits per heavy atom. The van der Waals surface area contributed by atoms with Crippen LogP contribution < -0.4 is 10.8 Å². The first kappa shape index (κ1) is 10.9. The third-order valence-electron chi connectivity index (χ3n) is 1.53. The molecule has 0 fully saturated rings. The zero-order valence-corrected chi connectivity index (χ0v) is 9.20. The molecule has 1 heterocycles. The van der Waals surface area contributed by atoms with Crippen molar-refractivity contribution in [2.24, 2.45) is 0 Å². The summed E-state index contributed by atoms with van der Waals surface area (Å²) in [6, 6.07) is 0. The van der Waals surface area contributed by atoms with Crippen molar-refractivity contribution in [2.45, 2.75) is 13.8 Å². The van der Waals surface area contributed by atoms with Crippen molar-refractivity contribution in [1.29, 1.82) is 0 Å². The Bertz CT molecular complexity index is 324. The first-order valence-electron chi connectivity index (χ1n) is 4.23. The van der Waals surface area contributed by atoms with Crippen molar-refractivity contribution in [2.75, 3.05) is 19.0 Å². The molecule has 2 N–H and O–H groups in total. The highest BCUT2D eigenvalue weighted by Crippen LogP contribution is 2.21. The molecule has 0 unspecified atom stereocenters.